The van der Waals surface area contributed by atoms with Crippen molar-refractivity contribution >= 4 is 0 Å². The zero-order valence-electron chi connectivity index (χ0n) is 21.0. The van der Waals surface area contributed by atoms with Crippen LogP contribution in [0.15, 0.2) is 0 Å². The third-order valence-corrected chi connectivity index (χ3v) is 12.9. The molecule has 0 bridgehead atoms. The fourth-order valence-corrected chi connectivity index (χ4v) is 11.0. The molecule has 0 aromatic rings. The van der Waals surface area contributed by atoms with Crippen molar-refractivity contribution < 1.29 is 5.11 Å². The summed E-state index contributed by atoms with van der Waals surface area (Å²) in [5, 5.41) is 10.6. The Morgan fingerprint density at radius 2 is 1.60 bits per heavy atom. The lowest BCUT2D eigenvalue weighted by atomic mass is 9.43. The van der Waals surface area contributed by atoms with Gasteiger partial charge in [-0.05, 0) is 115 Å². The van der Waals surface area contributed by atoms with Crippen LogP contribution in [0, 0.1) is 57.2 Å². The smallest absolute Gasteiger partial charge is 0.0568 e. The van der Waals surface area contributed by atoms with E-state index in [-0.39, 0.29) is 6.10 Å². The predicted octanol–water partition coefficient (Wildman–Crippen LogP) is 7.86. The second kappa shape index (κ2) is 6.98. The van der Waals surface area contributed by atoms with Crippen molar-refractivity contribution in [3.8, 4) is 0 Å². The lowest BCUT2D eigenvalue weighted by molar-refractivity contribution is -0.142. The number of aliphatic hydroxyl groups excluding tert-OH is 1. The maximum atomic E-state index is 10.6. The average Bonchev–Trinajstić information content (AvgIpc) is 3.27. The molecule has 0 radical (unpaired) electrons. The summed E-state index contributed by atoms with van der Waals surface area (Å²) in [6, 6.07) is 0. The van der Waals surface area contributed by atoms with Gasteiger partial charge in [-0.25, -0.2) is 0 Å². The second-order valence-electron chi connectivity index (χ2n) is 14.0. The normalized spacial score (nSPS) is 55.4. The second-order valence-corrected chi connectivity index (χ2v) is 14.0. The molecule has 0 saturated heterocycles. The van der Waals surface area contributed by atoms with E-state index in [1.165, 1.54) is 70.6 Å². The van der Waals surface area contributed by atoms with Crippen LogP contribution in [0.1, 0.15) is 119 Å². The van der Waals surface area contributed by atoms with E-state index in [0.29, 0.717) is 27.6 Å². The number of aliphatic hydroxyl groups is 1. The van der Waals surface area contributed by atoms with Crippen molar-refractivity contribution in [3.63, 3.8) is 0 Å². The van der Waals surface area contributed by atoms with E-state index in [4.69, 9.17) is 0 Å². The van der Waals surface area contributed by atoms with E-state index in [0.717, 1.165) is 36.0 Å². The molecule has 0 unspecified atom stereocenters. The van der Waals surface area contributed by atoms with Gasteiger partial charge in [-0.15, -0.1) is 0 Å². The van der Waals surface area contributed by atoms with Crippen molar-refractivity contribution in [3.05, 3.63) is 0 Å². The largest absolute Gasteiger partial charge is 0.393 e. The van der Waals surface area contributed by atoms with Gasteiger partial charge in [-0.2, -0.15) is 0 Å². The van der Waals surface area contributed by atoms with E-state index < -0.39 is 0 Å². The summed E-state index contributed by atoms with van der Waals surface area (Å²) in [5.41, 5.74) is 2.42. The van der Waals surface area contributed by atoms with Crippen LogP contribution in [0.5, 0.6) is 0 Å². The van der Waals surface area contributed by atoms with Gasteiger partial charge in [0.15, 0.2) is 0 Å². The third kappa shape index (κ3) is 2.63. The van der Waals surface area contributed by atoms with Crippen LogP contribution in [0.3, 0.4) is 0 Å². The molecule has 172 valence electrons. The van der Waals surface area contributed by atoms with Crippen molar-refractivity contribution in [2.45, 2.75) is 125 Å². The van der Waals surface area contributed by atoms with Gasteiger partial charge >= 0.3 is 0 Å². The van der Waals surface area contributed by atoms with Crippen LogP contribution in [0.25, 0.3) is 0 Å². The highest BCUT2D eigenvalue weighted by Crippen LogP contribution is 2.88. The Morgan fingerprint density at radius 1 is 0.833 bits per heavy atom. The fraction of sp³-hybridized carbons (Fsp3) is 1.00. The SMILES string of the molecule is CC(C)CCC[C@@H](C)[C@H]1CC[C@@]2(C)[C@H]3CC[C@@H]4[C@H](C)[C@@H](O)CC[C@@]45C[C@@]35CC[C@]12C. The topological polar surface area (TPSA) is 20.2 Å². The summed E-state index contributed by atoms with van der Waals surface area (Å²) in [4.78, 5) is 0. The molecule has 1 N–H and O–H groups in total. The van der Waals surface area contributed by atoms with Crippen LogP contribution < -0.4 is 0 Å². The lowest BCUT2D eigenvalue weighted by Gasteiger charge is -2.62. The quantitative estimate of drug-likeness (QED) is 0.485. The number of hydrogen-bond donors (Lipinski definition) is 1. The van der Waals surface area contributed by atoms with E-state index in [2.05, 4.69) is 41.5 Å². The Kier molecular flexibility index (Phi) is 5.07. The van der Waals surface area contributed by atoms with Gasteiger partial charge in [-0.3, -0.25) is 0 Å². The highest BCUT2D eigenvalue weighted by molar-refractivity contribution is 5.29. The first kappa shape index (κ1) is 21.8. The minimum atomic E-state index is -0.0261. The highest BCUT2D eigenvalue weighted by atomic mass is 16.3. The molecule has 0 aliphatic heterocycles. The molecule has 2 spiro atoms. The van der Waals surface area contributed by atoms with Crippen LogP contribution >= 0.6 is 0 Å². The van der Waals surface area contributed by atoms with Gasteiger partial charge in [0, 0.05) is 0 Å². The third-order valence-electron chi connectivity index (χ3n) is 12.9. The van der Waals surface area contributed by atoms with Crippen LogP contribution in [-0.4, -0.2) is 11.2 Å². The van der Waals surface area contributed by atoms with E-state index in [1.807, 2.05) is 0 Å². The maximum Gasteiger partial charge on any atom is 0.0568 e. The molecule has 0 heterocycles. The summed E-state index contributed by atoms with van der Waals surface area (Å²) < 4.78 is 0. The number of hydrogen-bond acceptors (Lipinski definition) is 1. The molecular formula is C29H50O. The molecule has 1 heteroatoms. The average molecular weight is 415 g/mol. The van der Waals surface area contributed by atoms with Crippen molar-refractivity contribution in [2.24, 2.45) is 57.2 Å². The van der Waals surface area contributed by atoms with E-state index in [1.54, 1.807) is 0 Å². The zero-order chi connectivity index (χ0) is 21.5. The molecule has 1 nitrogen and oxygen atoms in total. The van der Waals surface area contributed by atoms with Gasteiger partial charge in [0.05, 0.1) is 6.10 Å². The van der Waals surface area contributed by atoms with Crippen LogP contribution in [0.2, 0.25) is 0 Å². The monoisotopic (exact) mass is 414 g/mol. The van der Waals surface area contributed by atoms with Gasteiger partial charge < -0.3 is 5.11 Å². The molecular weight excluding hydrogens is 364 g/mol. The molecule has 5 rings (SSSR count). The minimum Gasteiger partial charge on any atom is -0.393 e. The van der Waals surface area contributed by atoms with Gasteiger partial charge in [0.2, 0.25) is 0 Å². The van der Waals surface area contributed by atoms with Gasteiger partial charge in [0.25, 0.3) is 0 Å². The summed E-state index contributed by atoms with van der Waals surface area (Å²) in [5.74, 6) is 5.03. The van der Waals surface area contributed by atoms with Crippen molar-refractivity contribution in [2.75, 3.05) is 0 Å². The van der Waals surface area contributed by atoms with E-state index in [9.17, 15) is 5.11 Å². The molecule has 5 aliphatic carbocycles. The summed E-state index contributed by atoms with van der Waals surface area (Å²) in [6.07, 6.45) is 17.1. The number of rotatable bonds is 5. The van der Waals surface area contributed by atoms with Gasteiger partial charge in [0.1, 0.15) is 0 Å². The summed E-state index contributed by atoms with van der Waals surface area (Å²) >= 11 is 0. The summed E-state index contributed by atoms with van der Waals surface area (Å²) in [7, 11) is 0. The Morgan fingerprint density at radius 3 is 2.33 bits per heavy atom. The van der Waals surface area contributed by atoms with Crippen molar-refractivity contribution in [1.29, 1.82) is 0 Å². The first-order valence-corrected chi connectivity index (χ1v) is 13.8. The predicted molar refractivity (Wildman–Crippen MR) is 126 cm³/mol. The first-order valence-electron chi connectivity index (χ1n) is 13.8. The van der Waals surface area contributed by atoms with Crippen LogP contribution in [0.4, 0.5) is 0 Å². The lowest BCUT2D eigenvalue weighted by Crippen LogP contribution is -2.55. The molecule has 10 atom stereocenters. The van der Waals surface area contributed by atoms with Gasteiger partial charge in [-0.1, -0.05) is 60.8 Å². The Labute approximate surface area is 187 Å². The molecule has 30 heavy (non-hydrogen) atoms. The molecule has 0 amide bonds. The minimum absolute atomic E-state index is 0.0261. The molecule has 0 aromatic heterocycles. The molecule has 0 aromatic carbocycles. The fourth-order valence-electron chi connectivity index (χ4n) is 11.0. The Balaban J connectivity index is 1.37. The zero-order valence-corrected chi connectivity index (χ0v) is 21.0. The summed E-state index contributed by atoms with van der Waals surface area (Å²) in [6.45, 7) is 15.2. The molecule has 5 saturated carbocycles. The molecule has 5 aliphatic rings. The number of fused-ring (bicyclic) bond motifs is 2. The van der Waals surface area contributed by atoms with Crippen LogP contribution in [-0.2, 0) is 0 Å². The molecule has 5 fully saturated rings. The maximum absolute atomic E-state index is 10.6. The van der Waals surface area contributed by atoms with E-state index >= 15 is 0 Å². The first-order chi connectivity index (χ1) is 14.1. The Hall–Kier alpha value is -0.0400. The standard InChI is InChI=1S/C29H50O/c1-19(2)8-7-9-20(3)22-12-14-27(6)25-11-10-23-21(4)24(30)13-15-28(23)18-29(25,28)17-16-26(22,27)5/h19-25,30H,7-18H2,1-6H3/t20-,21+,22-,23-,24+,25-,26-,27+,28-,29+/m1/s1. The Bertz CT molecular complexity index is 669. The highest BCUT2D eigenvalue weighted by Gasteiger charge is 2.81. The van der Waals surface area contributed by atoms with Crippen molar-refractivity contribution in [1.82, 2.24) is 0 Å².